The first-order valence-electron chi connectivity index (χ1n) is 11.0. The second-order valence-corrected chi connectivity index (χ2v) is 8.69. The zero-order chi connectivity index (χ0) is 23.7. The molecule has 1 fully saturated rings. The molecule has 3 aromatic heterocycles. The third-order valence-corrected chi connectivity index (χ3v) is 5.71. The minimum absolute atomic E-state index is 0. The number of pyridine rings is 1. The Balaban J connectivity index is 0.00000180. The molecule has 34 heavy (non-hydrogen) atoms. The molecule has 4 heterocycles. The fourth-order valence-corrected chi connectivity index (χ4v) is 3.43. The maximum absolute atomic E-state index is 9.45. The number of hydrogen-bond acceptors (Lipinski definition) is 9. The molecule has 1 aromatic carbocycles. The van der Waals surface area contributed by atoms with E-state index in [1.54, 1.807) is 12.4 Å². The summed E-state index contributed by atoms with van der Waals surface area (Å²) in [7, 11) is 0. The molecule has 0 radical (unpaired) electrons. The summed E-state index contributed by atoms with van der Waals surface area (Å²) < 4.78 is 11.8. The van der Waals surface area contributed by atoms with Crippen LogP contribution in [0.3, 0.4) is 0 Å². The van der Waals surface area contributed by atoms with Crippen LogP contribution < -0.4 is 10.1 Å². The number of nitrogens with zero attached hydrogens (tertiary/aromatic N) is 6. The molecule has 1 N–H and O–H groups in total. The van der Waals surface area contributed by atoms with Gasteiger partial charge >= 0.3 is 0 Å². The third-order valence-electron chi connectivity index (χ3n) is 5.71. The van der Waals surface area contributed by atoms with E-state index in [1.807, 2.05) is 57.2 Å². The van der Waals surface area contributed by atoms with E-state index in [9.17, 15) is 5.26 Å². The SMILES string of the molecule is Cc1ncc(-c2ccnc(C(C)(C)C#N)c2)nc1-c1nnc(-c2ccc(OC3CNC3)cc2)o1.[HH].[HH]. The molecular formula is C25H27N7O2. The van der Waals surface area contributed by atoms with E-state index >= 15 is 0 Å². The summed E-state index contributed by atoms with van der Waals surface area (Å²) in [6.07, 6.45) is 3.58. The number of nitriles is 1. The zero-order valence-electron chi connectivity index (χ0n) is 19.1. The fraction of sp³-hybridized carbons (Fsp3) is 0.280. The highest BCUT2D eigenvalue weighted by atomic mass is 16.5. The lowest BCUT2D eigenvalue weighted by Crippen LogP contribution is -2.50. The van der Waals surface area contributed by atoms with Crippen molar-refractivity contribution in [3.8, 4) is 46.1 Å². The minimum atomic E-state index is -0.715. The highest BCUT2D eigenvalue weighted by Gasteiger charge is 2.23. The first kappa shape index (κ1) is 21.7. The van der Waals surface area contributed by atoms with Crippen LogP contribution in [0.5, 0.6) is 5.75 Å². The van der Waals surface area contributed by atoms with Gasteiger partial charge < -0.3 is 14.5 Å². The molecule has 1 aliphatic rings. The molecule has 1 saturated heterocycles. The normalized spacial score (nSPS) is 13.8. The summed E-state index contributed by atoms with van der Waals surface area (Å²) in [6, 6.07) is 13.5. The van der Waals surface area contributed by atoms with E-state index in [2.05, 4.69) is 31.6 Å². The van der Waals surface area contributed by atoms with Gasteiger partial charge in [-0.15, -0.1) is 10.2 Å². The minimum Gasteiger partial charge on any atom is -0.488 e. The van der Waals surface area contributed by atoms with Gasteiger partial charge in [-0.05, 0) is 57.2 Å². The average Bonchev–Trinajstić information content (AvgIpc) is 3.32. The van der Waals surface area contributed by atoms with E-state index in [1.165, 1.54) is 0 Å². The van der Waals surface area contributed by atoms with Gasteiger partial charge in [-0.25, -0.2) is 4.98 Å². The number of ether oxygens (including phenoxy) is 1. The largest absolute Gasteiger partial charge is 0.488 e. The van der Waals surface area contributed by atoms with Crippen molar-refractivity contribution in [2.45, 2.75) is 32.3 Å². The Morgan fingerprint density at radius 1 is 1.09 bits per heavy atom. The van der Waals surface area contributed by atoms with Gasteiger partial charge in [0.25, 0.3) is 5.89 Å². The Labute approximate surface area is 199 Å². The van der Waals surface area contributed by atoms with Gasteiger partial charge in [-0.3, -0.25) is 9.97 Å². The molecule has 0 atom stereocenters. The highest BCUT2D eigenvalue weighted by molar-refractivity contribution is 5.64. The zero-order valence-corrected chi connectivity index (χ0v) is 19.1. The highest BCUT2D eigenvalue weighted by Crippen LogP contribution is 2.29. The second kappa shape index (κ2) is 8.65. The maximum atomic E-state index is 9.45. The predicted octanol–water partition coefficient (Wildman–Crippen LogP) is 4.21. The molecule has 0 amide bonds. The molecule has 0 saturated carbocycles. The average molecular weight is 458 g/mol. The summed E-state index contributed by atoms with van der Waals surface area (Å²) in [5, 5.41) is 21.0. The number of rotatable bonds is 6. The van der Waals surface area contributed by atoms with Gasteiger partial charge in [0.1, 0.15) is 17.5 Å². The van der Waals surface area contributed by atoms with Crippen LogP contribution in [-0.4, -0.2) is 44.3 Å². The molecule has 174 valence electrons. The summed E-state index contributed by atoms with van der Waals surface area (Å²) in [4.78, 5) is 13.6. The van der Waals surface area contributed by atoms with Crippen molar-refractivity contribution < 1.29 is 12.0 Å². The molecule has 0 bridgehead atoms. The van der Waals surface area contributed by atoms with Crippen molar-refractivity contribution in [2.24, 2.45) is 0 Å². The van der Waals surface area contributed by atoms with E-state index < -0.39 is 5.41 Å². The van der Waals surface area contributed by atoms with Gasteiger partial charge in [-0.1, -0.05) is 0 Å². The molecule has 1 aliphatic heterocycles. The van der Waals surface area contributed by atoms with Crippen molar-refractivity contribution in [1.29, 1.82) is 5.26 Å². The van der Waals surface area contributed by atoms with Crippen molar-refractivity contribution in [1.82, 2.24) is 30.5 Å². The first-order chi connectivity index (χ1) is 16.4. The summed E-state index contributed by atoms with van der Waals surface area (Å²) in [5.74, 6) is 1.48. The smallest absolute Gasteiger partial charge is 0.268 e. The van der Waals surface area contributed by atoms with Crippen LogP contribution in [0.25, 0.3) is 34.3 Å². The van der Waals surface area contributed by atoms with Crippen LogP contribution in [-0.2, 0) is 5.41 Å². The maximum Gasteiger partial charge on any atom is 0.268 e. The number of aryl methyl sites for hydroxylation is 1. The monoisotopic (exact) mass is 457 g/mol. The van der Waals surface area contributed by atoms with Crippen molar-refractivity contribution in [3.63, 3.8) is 0 Å². The van der Waals surface area contributed by atoms with Gasteiger partial charge in [0.05, 0.1) is 34.8 Å². The molecule has 9 heteroatoms. The number of hydrogen-bond donors (Lipinski definition) is 1. The van der Waals surface area contributed by atoms with Crippen LogP contribution in [0.15, 0.2) is 53.2 Å². The Morgan fingerprint density at radius 3 is 2.56 bits per heavy atom. The van der Waals surface area contributed by atoms with E-state index in [0.717, 1.165) is 30.0 Å². The Morgan fingerprint density at radius 2 is 1.85 bits per heavy atom. The van der Waals surface area contributed by atoms with Crippen molar-refractivity contribution in [3.05, 3.63) is 60.2 Å². The van der Waals surface area contributed by atoms with E-state index in [0.29, 0.717) is 28.7 Å². The number of nitrogens with one attached hydrogen (secondary N) is 1. The van der Waals surface area contributed by atoms with Crippen LogP contribution in [0.2, 0.25) is 0 Å². The molecule has 5 rings (SSSR count). The van der Waals surface area contributed by atoms with E-state index in [4.69, 9.17) is 14.1 Å². The quantitative estimate of drug-likeness (QED) is 0.453. The molecule has 0 unspecified atom stereocenters. The third kappa shape index (κ3) is 4.23. The number of aromatic nitrogens is 5. The van der Waals surface area contributed by atoms with Gasteiger partial charge in [0.15, 0.2) is 0 Å². The molecule has 9 nitrogen and oxygen atoms in total. The number of benzene rings is 1. The summed E-state index contributed by atoms with van der Waals surface area (Å²) >= 11 is 0. The topological polar surface area (TPSA) is 123 Å². The summed E-state index contributed by atoms with van der Waals surface area (Å²) in [6.45, 7) is 7.23. The van der Waals surface area contributed by atoms with Crippen LogP contribution in [0.4, 0.5) is 0 Å². The Hall–Kier alpha value is -4.16. The lowest BCUT2D eigenvalue weighted by molar-refractivity contribution is 0.142. The molecule has 0 spiro atoms. The van der Waals surface area contributed by atoms with Gasteiger partial charge in [-0.2, -0.15) is 5.26 Å². The molecule has 0 aliphatic carbocycles. The van der Waals surface area contributed by atoms with Crippen LogP contribution >= 0.6 is 0 Å². The van der Waals surface area contributed by atoms with Crippen molar-refractivity contribution in [2.75, 3.05) is 13.1 Å². The van der Waals surface area contributed by atoms with Crippen LogP contribution in [0, 0.1) is 18.3 Å². The Kier molecular flexibility index (Phi) is 5.51. The standard InChI is InChI=1S/C25H23N7O2.2H2/c1-15-22(30-20(13-29-15)17-8-9-28-21(10-17)25(2,3)14-26)24-32-31-23(34-24)16-4-6-18(7-5-16)33-19-11-27-12-19;;/h4-10,13,19,27H,11-12H2,1-3H3;2*1H. The van der Waals surface area contributed by atoms with Crippen molar-refractivity contribution >= 4 is 0 Å². The second-order valence-electron chi connectivity index (χ2n) is 8.69. The lowest BCUT2D eigenvalue weighted by atomic mass is 9.90. The lowest BCUT2D eigenvalue weighted by Gasteiger charge is -2.27. The van der Waals surface area contributed by atoms with Gasteiger partial charge in [0, 0.05) is 33.3 Å². The summed E-state index contributed by atoms with van der Waals surface area (Å²) in [5.41, 5.74) is 3.35. The first-order valence-corrected chi connectivity index (χ1v) is 11.0. The molecule has 4 aromatic rings. The van der Waals surface area contributed by atoms with Gasteiger partial charge in [0.2, 0.25) is 5.89 Å². The van der Waals surface area contributed by atoms with E-state index in [-0.39, 0.29) is 14.8 Å². The predicted molar refractivity (Wildman–Crippen MR) is 129 cm³/mol. The van der Waals surface area contributed by atoms with Crippen LogP contribution in [0.1, 0.15) is 28.1 Å². The Bertz CT molecular complexity index is 1380. The fourth-order valence-electron chi connectivity index (χ4n) is 3.43. The molecular weight excluding hydrogens is 430 g/mol.